The molecule has 0 aliphatic rings. The van der Waals surface area contributed by atoms with Gasteiger partial charge in [-0.3, -0.25) is 4.98 Å². The van der Waals surface area contributed by atoms with Gasteiger partial charge < -0.3 is 20.4 Å². The molecule has 1 aromatic heterocycles. The van der Waals surface area contributed by atoms with Crippen LogP contribution < -0.4 is 0 Å². The molecule has 0 atom stereocenters. The molecule has 0 saturated heterocycles. The van der Waals surface area contributed by atoms with E-state index in [4.69, 9.17) is 10.2 Å². The van der Waals surface area contributed by atoms with Crippen molar-refractivity contribution in [3.63, 3.8) is 0 Å². The predicted octanol–water partition coefficient (Wildman–Crippen LogP) is 4.86. The van der Waals surface area contributed by atoms with Crippen LogP contribution >= 0.6 is 0 Å². The Bertz CT molecular complexity index is 1280. The molecule has 0 spiro atoms. The molecule has 0 aliphatic carbocycles. The van der Waals surface area contributed by atoms with Crippen LogP contribution in [-0.4, -0.2) is 49.3 Å². The molecular weight excluding hydrogens is 487 g/mol. The van der Waals surface area contributed by atoms with Crippen LogP contribution in [0, 0.1) is 13.8 Å². The number of pyridine rings is 1. The molecule has 12 heteroatoms. The summed E-state index contributed by atoms with van der Waals surface area (Å²) in [4.78, 5) is 47.3. The molecule has 0 bridgehead atoms. The SMILES string of the molecule is Cc1cc(C(=O)O)c(-c2ccc(C(F)(F)F)cn2)c(C(=O)O)c1.Cc1cc(C(=O)O)cc(C(=O)O)c1. The maximum Gasteiger partial charge on any atom is 0.417 e. The molecule has 36 heavy (non-hydrogen) atoms. The molecule has 2 aromatic carbocycles. The number of carboxylic acid groups (broad SMARTS) is 4. The number of carboxylic acids is 4. The first-order valence-corrected chi connectivity index (χ1v) is 9.85. The number of aromatic carboxylic acids is 4. The van der Waals surface area contributed by atoms with Crippen LogP contribution in [-0.2, 0) is 6.18 Å². The Balaban J connectivity index is 0.000000297. The first-order valence-electron chi connectivity index (χ1n) is 9.85. The largest absolute Gasteiger partial charge is 0.478 e. The highest BCUT2D eigenvalue weighted by molar-refractivity contribution is 6.04. The number of hydrogen-bond donors (Lipinski definition) is 4. The minimum absolute atomic E-state index is 0.00241. The number of aromatic nitrogens is 1. The van der Waals surface area contributed by atoms with Crippen LogP contribution in [0.4, 0.5) is 13.2 Å². The molecule has 0 radical (unpaired) electrons. The first-order chi connectivity index (χ1) is 16.6. The highest BCUT2D eigenvalue weighted by Crippen LogP contribution is 2.32. The van der Waals surface area contributed by atoms with Gasteiger partial charge >= 0.3 is 30.1 Å². The molecule has 0 unspecified atom stereocenters. The number of rotatable bonds is 5. The molecule has 9 nitrogen and oxygen atoms in total. The van der Waals surface area contributed by atoms with Crippen molar-refractivity contribution in [2.45, 2.75) is 20.0 Å². The average Bonchev–Trinajstić information content (AvgIpc) is 2.77. The summed E-state index contributed by atoms with van der Waals surface area (Å²) >= 11 is 0. The van der Waals surface area contributed by atoms with Crippen molar-refractivity contribution in [1.82, 2.24) is 4.98 Å². The Morgan fingerprint density at radius 2 is 1.14 bits per heavy atom. The smallest absolute Gasteiger partial charge is 0.417 e. The van der Waals surface area contributed by atoms with E-state index in [1.807, 2.05) is 0 Å². The summed E-state index contributed by atoms with van der Waals surface area (Å²) in [6.07, 6.45) is -4.06. The van der Waals surface area contributed by atoms with E-state index in [1.54, 1.807) is 6.92 Å². The molecule has 1 heterocycles. The lowest BCUT2D eigenvalue weighted by Gasteiger charge is -2.12. The minimum atomic E-state index is -4.59. The number of hydrogen-bond acceptors (Lipinski definition) is 5. The van der Waals surface area contributed by atoms with Crippen LogP contribution in [0.15, 0.2) is 48.7 Å². The van der Waals surface area contributed by atoms with Gasteiger partial charge in [-0.2, -0.15) is 13.2 Å². The van der Waals surface area contributed by atoms with Crippen molar-refractivity contribution in [3.8, 4) is 11.3 Å². The molecule has 0 aliphatic heterocycles. The van der Waals surface area contributed by atoms with Gasteiger partial charge in [0.05, 0.1) is 33.5 Å². The summed E-state index contributed by atoms with van der Waals surface area (Å²) in [7, 11) is 0. The number of alkyl halides is 3. The van der Waals surface area contributed by atoms with Crippen molar-refractivity contribution in [3.05, 3.63) is 87.6 Å². The van der Waals surface area contributed by atoms with E-state index < -0.39 is 35.6 Å². The summed E-state index contributed by atoms with van der Waals surface area (Å²) in [5, 5.41) is 35.7. The topological polar surface area (TPSA) is 162 Å². The second kappa shape index (κ2) is 10.7. The standard InChI is InChI=1S/C15H10F3NO4.C9H8O4/c1-7-4-9(13(20)21)12(10(5-7)14(22)23)11-3-2-8(6-19-11)15(16,17)18;1-5-2-6(8(10)11)4-7(3-5)9(12)13/h2-6H,1H3,(H,20,21)(H,22,23);2-4H,1H3,(H,10,11)(H,12,13). The number of halogens is 3. The van der Waals surface area contributed by atoms with Crippen molar-refractivity contribution >= 4 is 23.9 Å². The fourth-order valence-corrected chi connectivity index (χ4v) is 3.14. The van der Waals surface area contributed by atoms with E-state index in [9.17, 15) is 42.6 Å². The van der Waals surface area contributed by atoms with Gasteiger partial charge in [0, 0.05) is 11.8 Å². The van der Waals surface area contributed by atoms with Crippen LogP contribution in [0.25, 0.3) is 11.3 Å². The van der Waals surface area contributed by atoms with Crippen molar-refractivity contribution in [2.75, 3.05) is 0 Å². The van der Waals surface area contributed by atoms with Crippen molar-refractivity contribution < 1.29 is 52.8 Å². The minimum Gasteiger partial charge on any atom is -0.478 e. The molecule has 188 valence electrons. The van der Waals surface area contributed by atoms with E-state index in [-0.39, 0.29) is 33.5 Å². The monoisotopic (exact) mass is 505 g/mol. The third-order valence-corrected chi connectivity index (χ3v) is 4.66. The van der Waals surface area contributed by atoms with Gasteiger partial charge in [-0.15, -0.1) is 0 Å². The van der Waals surface area contributed by atoms with Gasteiger partial charge in [-0.1, -0.05) is 0 Å². The van der Waals surface area contributed by atoms with Gasteiger partial charge in [0.2, 0.25) is 0 Å². The number of aryl methyl sites for hydroxylation is 2. The summed E-state index contributed by atoms with van der Waals surface area (Å²) in [6, 6.07) is 8.14. The van der Waals surface area contributed by atoms with Gasteiger partial charge in [0.15, 0.2) is 0 Å². The third-order valence-electron chi connectivity index (χ3n) is 4.66. The fraction of sp³-hybridized carbons (Fsp3) is 0.125. The molecular formula is C24H18F3NO8. The van der Waals surface area contributed by atoms with Crippen molar-refractivity contribution in [1.29, 1.82) is 0 Å². The summed E-state index contributed by atoms with van der Waals surface area (Å²) in [5.74, 6) is -5.03. The fourth-order valence-electron chi connectivity index (χ4n) is 3.14. The van der Waals surface area contributed by atoms with Gasteiger partial charge in [-0.05, 0) is 67.4 Å². The molecule has 3 aromatic rings. The molecule has 0 saturated carbocycles. The number of benzene rings is 2. The summed E-state index contributed by atoms with van der Waals surface area (Å²) < 4.78 is 37.7. The van der Waals surface area contributed by atoms with Crippen LogP contribution in [0.2, 0.25) is 0 Å². The summed E-state index contributed by atoms with van der Waals surface area (Å²) in [5.41, 5.74) is -1.06. The van der Waals surface area contributed by atoms with E-state index in [0.717, 1.165) is 18.2 Å². The second-order valence-corrected chi connectivity index (χ2v) is 7.47. The maximum atomic E-state index is 12.6. The molecule has 0 fully saturated rings. The molecule has 0 amide bonds. The zero-order valence-electron chi connectivity index (χ0n) is 18.6. The Labute approximate surface area is 201 Å². The van der Waals surface area contributed by atoms with Gasteiger partial charge in [-0.25, -0.2) is 19.2 Å². The lowest BCUT2D eigenvalue weighted by atomic mass is 9.95. The Morgan fingerprint density at radius 3 is 1.47 bits per heavy atom. The van der Waals surface area contributed by atoms with E-state index in [1.165, 1.54) is 31.2 Å². The van der Waals surface area contributed by atoms with Crippen LogP contribution in [0.3, 0.4) is 0 Å². The zero-order valence-corrected chi connectivity index (χ0v) is 18.6. The van der Waals surface area contributed by atoms with E-state index in [0.29, 0.717) is 17.3 Å². The number of nitrogens with zero attached hydrogens (tertiary/aromatic N) is 1. The lowest BCUT2D eigenvalue weighted by molar-refractivity contribution is -0.137. The highest BCUT2D eigenvalue weighted by Gasteiger charge is 2.31. The van der Waals surface area contributed by atoms with Crippen molar-refractivity contribution in [2.24, 2.45) is 0 Å². The number of carbonyl (C=O) groups is 4. The van der Waals surface area contributed by atoms with Crippen LogP contribution in [0.5, 0.6) is 0 Å². The molecule has 3 rings (SSSR count). The highest BCUT2D eigenvalue weighted by atomic mass is 19.4. The Kier molecular flexibility index (Phi) is 8.16. The quantitative estimate of drug-likeness (QED) is 0.379. The second-order valence-electron chi connectivity index (χ2n) is 7.47. The van der Waals surface area contributed by atoms with E-state index >= 15 is 0 Å². The molecule has 4 N–H and O–H groups in total. The zero-order chi connectivity index (χ0) is 27.4. The average molecular weight is 505 g/mol. The van der Waals surface area contributed by atoms with Gasteiger partial charge in [0.25, 0.3) is 0 Å². The van der Waals surface area contributed by atoms with Gasteiger partial charge in [0.1, 0.15) is 0 Å². The Morgan fingerprint density at radius 1 is 0.694 bits per heavy atom. The predicted molar refractivity (Wildman–Crippen MR) is 118 cm³/mol. The third kappa shape index (κ3) is 6.65. The lowest BCUT2D eigenvalue weighted by Crippen LogP contribution is -2.10. The summed E-state index contributed by atoms with van der Waals surface area (Å²) in [6.45, 7) is 3.17. The maximum absolute atomic E-state index is 12.6. The Hall–Kier alpha value is -4.74. The normalized spacial score (nSPS) is 10.7. The van der Waals surface area contributed by atoms with E-state index in [2.05, 4.69) is 4.98 Å². The van der Waals surface area contributed by atoms with Crippen LogP contribution in [0.1, 0.15) is 58.1 Å². The first kappa shape index (κ1) is 27.5.